The normalized spacial score (nSPS) is 25.1. The van der Waals surface area contributed by atoms with Crippen molar-refractivity contribution in [1.29, 1.82) is 0 Å². The van der Waals surface area contributed by atoms with Crippen LogP contribution in [0, 0.1) is 3.57 Å². The lowest BCUT2D eigenvalue weighted by Crippen LogP contribution is -2.55. The van der Waals surface area contributed by atoms with Crippen LogP contribution in [0.15, 0.2) is 24.3 Å². The molecule has 0 aliphatic carbocycles. The third-order valence-corrected chi connectivity index (χ3v) is 5.30. The molecular formula is C17H19IO7S. The fourth-order valence-electron chi connectivity index (χ4n) is 2.46. The third kappa shape index (κ3) is 6.04. The maximum atomic E-state index is 11.6. The van der Waals surface area contributed by atoms with Crippen molar-refractivity contribution in [2.75, 3.05) is 5.75 Å². The van der Waals surface area contributed by atoms with E-state index in [0.29, 0.717) is 11.5 Å². The van der Waals surface area contributed by atoms with Crippen molar-refractivity contribution in [2.45, 2.75) is 44.5 Å². The van der Waals surface area contributed by atoms with E-state index in [2.05, 4.69) is 22.6 Å². The van der Waals surface area contributed by atoms with E-state index < -0.39 is 41.7 Å². The van der Waals surface area contributed by atoms with E-state index >= 15 is 0 Å². The van der Waals surface area contributed by atoms with Gasteiger partial charge in [-0.2, -0.15) is 0 Å². The second-order valence-corrected chi connectivity index (χ2v) is 7.95. The van der Waals surface area contributed by atoms with Gasteiger partial charge in [0.25, 0.3) is 0 Å². The second kappa shape index (κ2) is 9.45. The molecule has 0 saturated carbocycles. The summed E-state index contributed by atoms with van der Waals surface area (Å²) >= 11 is 3.50. The quantitative estimate of drug-likeness (QED) is 0.351. The lowest BCUT2D eigenvalue weighted by molar-refractivity contribution is -0.186. The molecule has 0 spiro atoms. The number of ether oxygens (including phenoxy) is 4. The molecule has 2 rings (SSSR count). The minimum absolute atomic E-state index is 0.338. The Hall–Kier alpha value is -1.49. The van der Waals surface area contributed by atoms with E-state index in [4.69, 9.17) is 18.9 Å². The van der Waals surface area contributed by atoms with Gasteiger partial charge in [0.2, 0.25) is 0 Å². The summed E-state index contributed by atoms with van der Waals surface area (Å²) in [5, 5.41) is 0. The number of carbonyl (C=O) groups is 3. The second-order valence-electron chi connectivity index (χ2n) is 5.57. The number of hydrogen-bond donors (Lipinski definition) is 0. The number of halogens is 1. The largest absolute Gasteiger partial charge is 0.476 e. The molecule has 0 radical (unpaired) electrons. The lowest BCUT2D eigenvalue weighted by atomic mass is 10.1. The first-order chi connectivity index (χ1) is 12.3. The standard InChI is InChI=1S/C17H19IO7S/c1-9(19)22-14-8-26-17(25-13-6-4-12(18)5-7-13)16(24-11(3)21)15(14)23-10(2)20/h4-7,14-17H,8H2,1-3H3/t14-,15+,16-,17+/m1/s1. The lowest BCUT2D eigenvalue weighted by Gasteiger charge is -2.39. The smallest absolute Gasteiger partial charge is 0.303 e. The van der Waals surface area contributed by atoms with Gasteiger partial charge in [0, 0.05) is 30.1 Å². The van der Waals surface area contributed by atoms with Crippen LogP contribution in [0.25, 0.3) is 0 Å². The van der Waals surface area contributed by atoms with Gasteiger partial charge in [-0.15, -0.1) is 11.8 Å². The topological polar surface area (TPSA) is 88.1 Å². The average Bonchev–Trinajstić information content (AvgIpc) is 2.53. The molecule has 142 valence electrons. The van der Waals surface area contributed by atoms with Crippen molar-refractivity contribution < 1.29 is 33.3 Å². The van der Waals surface area contributed by atoms with Gasteiger partial charge < -0.3 is 18.9 Å². The summed E-state index contributed by atoms with van der Waals surface area (Å²) in [5.74, 6) is -0.694. The highest BCUT2D eigenvalue weighted by molar-refractivity contribution is 14.1. The Bertz CT molecular complexity index is 664. The zero-order chi connectivity index (χ0) is 19.3. The van der Waals surface area contributed by atoms with Crippen molar-refractivity contribution in [3.63, 3.8) is 0 Å². The number of rotatable bonds is 5. The summed E-state index contributed by atoms with van der Waals surface area (Å²) < 4.78 is 22.9. The first-order valence-corrected chi connectivity index (χ1v) is 9.94. The van der Waals surface area contributed by atoms with Crippen molar-refractivity contribution in [3.8, 4) is 5.75 Å². The molecule has 0 amide bonds. The fraction of sp³-hybridized carbons (Fsp3) is 0.471. The third-order valence-electron chi connectivity index (χ3n) is 3.37. The van der Waals surface area contributed by atoms with Crippen LogP contribution in [-0.2, 0) is 28.6 Å². The molecular weight excluding hydrogens is 475 g/mol. The predicted octanol–water partition coefficient (Wildman–Crippen LogP) is 2.54. The molecule has 0 N–H and O–H groups in total. The number of esters is 3. The highest BCUT2D eigenvalue weighted by Crippen LogP contribution is 2.34. The van der Waals surface area contributed by atoms with Crippen LogP contribution >= 0.6 is 34.4 Å². The number of thioether (sulfide) groups is 1. The van der Waals surface area contributed by atoms with Gasteiger partial charge in [-0.1, -0.05) is 0 Å². The number of benzene rings is 1. The molecule has 0 unspecified atom stereocenters. The van der Waals surface area contributed by atoms with Crippen molar-refractivity contribution in [3.05, 3.63) is 27.8 Å². The average molecular weight is 494 g/mol. The van der Waals surface area contributed by atoms with Crippen LogP contribution in [0.4, 0.5) is 0 Å². The molecule has 7 nitrogen and oxygen atoms in total. The van der Waals surface area contributed by atoms with Crippen molar-refractivity contribution in [1.82, 2.24) is 0 Å². The van der Waals surface area contributed by atoms with E-state index in [9.17, 15) is 14.4 Å². The van der Waals surface area contributed by atoms with Gasteiger partial charge in [0.15, 0.2) is 23.7 Å². The van der Waals surface area contributed by atoms with Crippen molar-refractivity contribution >= 4 is 52.3 Å². The Labute approximate surface area is 169 Å². The van der Waals surface area contributed by atoms with Gasteiger partial charge in [0.1, 0.15) is 5.75 Å². The monoisotopic (exact) mass is 494 g/mol. The summed E-state index contributed by atoms with van der Waals surface area (Å²) in [4.78, 5) is 34.5. The Morgan fingerprint density at radius 1 is 0.923 bits per heavy atom. The predicted molar refractivity (Wildman–Crippen MR) is 103 cm³/mol. The van der Waals surface area contributed by atoms with Gasteiger partial charge in [0.05, 0.1) is 0 Å². The van der Waals surface area contributed by atoms with Gasteiger partial charge in [-0.3, -0.25) is 14.4 Å². The van der Waals surface area contributed by atoms with Crippen LogP contribution in [0.1, 0.15) is 20.8 Å². The molecule has 4 atom stereocenters. The van der Waals surface area contributed by atoms with E-state index in [0.717, 1.165) is 3.57 Å². The molecule has 26 heavy (non-hydrogen) atoms. The zero-order valence-electron chi connectivity index (χ0n) is 14.5. The van der Waals surface area contributed by atoms with E-state index in [1.165, 1.54) is 32.5 Å². The minimum atomic E-state index is -0.949. The molecule has 1 aliphatic heterocycles. The Kier molecular flexibility index (Phi) is 7.56. The number of hydrogen-bond acceptors (Lipinski definition) is 8. The molecule has 1 aromatic rings. The molecule has 1 aliphatic rings. The van der Waals surface area contributed by atoms with Gasteiger partial charge in [-0.25, -0.2) is 0 Å². The SMILES string of the molecule is CC(=O)O[C@@H]1[C@@H](OC(C)=O)[C@@H](Oc2ccc(I)cc2)SC[C@H]1OC(C)=O. The molecule has 1 heterocycles. The molecule has 1 saturated heterocycles. The molecule has 1 fully saturated rings. The minimum Gasteiger partial charge on any atom is -0.476 e. The van der Waals surface area contributed by atoms with Crippen LogP contribution in [-0.4, -0.2) is 47.4 Å². The maximum Gasteiger partial charge on any atom is 0.303 e. The number of carbonyl (C=O) groups excluding carboxylic acids is 3. The van der Waals surface area contributed by atoms with E-state index in [1.54, 1.807) is 12.1 Å². The summed E-state index contributed by atoms with van der Waals surface area (Å²) in [5.41, 5.74) is -0.616. The van der Waals surface area contributed by atoms with Crippen molar-refractivity contribution in [2.24, 2.45) is 0 Å². The van der Waals surface area contributed by atoms with E-state index in [-0.39, 0.29) is 0 Å². The van der Waals surface area contributed by atoms with Crippen LogP contribution in [0.5, 0.6) is 5.75 Å². The van der Waals surface area contributed by atoms with Crippen LogP contribution < -0.4 is 4.74 Å². The molecule has 0 aromatic heterocycles. The molecule has 0 bridgehead atoms. The summed E-state index contributed by atoms with van der Waals surface area (Å²) in [6, 6.07) is 7.36. The van der Waals surface area contributed by atoms with Crippen LogP contribution in [0.3, 0.4) is 0 Å². The Balaban J connectivity index is 2.25. The highest BCUT2D eigenvalue weighted by Gasteiger charge is 2.47. The Morgan fingerprint density at radius 2 is 1.46 bits per heavy atom. The fourth-order valence-corrected chi connectivity index (χ4v) is 4.03. The van der Waals surface area contributed by atoms with Crippen LogP contribution in [0.2, 0.25) is 0 Å². The molecule has 9 heteroatoms. The van der Waals surface area contributed by atoms with Gasteiger partial charge >= 0.3 is 17.9 Å². The first-order valence-electron chi connectivity index (χ1n) is 7.81. The summed E-state index contributed by atoms with van der Waals surface area (Å²) in [7, 11) is 0. The maximum absolute atomic E-state index is 11.6. The first kappa shape index (κ1) is 20.8. The van der Waals surface area contributed by atoms with E-state index in [1.807, 2.05) is 12.1 Å². The van der Waals surface area contributed by atoms with Gasteiger partial charge in [-0.05, 0) is 46.9 Å². The highest BCUT2D eigenvalue weighted by atomic mass is 127. The molecule has 1 aromatic carbocycles. The zero-order valence-corrected chi connectivity index (χ0v) is 17.4. The Morgan fingerprint density at radius 3 is 2.00 bits per heavy atom. The summed E-state index contributed by atoms with van der Waals surface area (Å²) in [6.07, 6.45) is -2.60. The summed E-state index contributed by atoms with van der Waals surface area (Å²) in [6.45, 7) is 3.77.